The third-order valence-corrected chi connectivity index (χ3v) is 3.56. The molecule has 0 aromatic heterocycles. The van der Waals surface area contributed by atoms with Gasteiger partial charge in [0.2, 0.25) is 5.91 Å². The van der Waals surface area contributed by atoms with Gasteiger partial charge in [0.25, 0.3) is 0 Å². The molecular formula is C12H16N2O2S. The highest BCUT2D eigenvalue weighted by molar-refractivity contribution is 8.00. The Kier molecular flexibility index (Phi) is 3.31. The Labute approximate surface area is 105 Å². The summed E-state index contributed by atoms with van der Waals surface area (Å²) >= 11 is 1.54. The molecule has 3 N–H and O–H groups in total. The van der Waals surface area contributed by atoms with Gasteiger partial charge in [0.15, 0.2) is 0 Å². The fourth-order valence-corrected chi connectivity index (χ4v) is 2.38. The van der Waals surface area contributed by atoms with E-state index < -0.39 is 0 Å². The van der Waals surface area contributed by atoms with Crippen LogP contribution in [0.2, 0.25) is 0 Å². The van der Waals surface area contributed by atoms with Crippen LogP contribution in [0.25, 0.3) is 0 Å². The number of anilines is 2. The van der Waals surface area contributed by atoms with Crippen LogP contribution in [0.4, 0.5) is 11.4 Å². The lowest BCUT2D eigenvalue weighted by Gasteiger charge is -2.26. The molecule has 0 saturated carbocycles. The molecule has 0 spiro atoms. The van der Waals surface area contributed by atoms with E-state index in [9.17, 15) is 9.90 Å². The summed E-state index contributed by atoms with van der Waals surface area (Å²) in [6.45, 7) is 3.88. The van der Waals surface area contributed by atoms with Crippen LogP contribution in [0, 0.1) is 0 Å². The quantitative estimate of drug-likeness (QED) is 0.769. The largest absolute Gasteiger partial charge is 0.394 e. The molecule has 5 heteroatoms. The molecule has 92 valence electrons. The number of carbonyl (C=O) groups excluding carboxylic acids is 1. The molecule has 1 aromatic rings. The standard InChI is InChI=1S/C12H16N2O2S/c1-12(2,7-15)14-8-3-4-10-9(5-8)13-11(16)6-17-10/h3-5,14-15H,6-7H2,1-2H3,(H,13,16). The maximum absolute atomic E-state index is 11.3. The third kappa shape index (κ3) is 2.92. The van der Waals surface area contributed by atoms with Gasteiger partial charge in [-0.2, -0.15) is 0 Å². The van der Waals surface area contributed by atoms with Gasteiger partial charge in [0.1, 0.15) is 0 Å². The molecule has 0 bridgehead atoms. The number of hydrogen-bond acceptors (Lipinski definition) is 4. The van der Waals surface area contributed by atoms with Crippen molar-refractivity contribution >= 4 is 29.0 Å². The maximum atomic E-state index is 11.3. The van der Waals surface area contributed by atoms with Gasteiger partial charge in [0.05, 0.1) is 23.6 Å². The lowest BCUT2D eigenvalue weighted by molar-refractivity contribution is -0.113. The average molecular weight is 252 g/mol. The number of fused-ring (bicyclic) bond motifs is 1. The highest BCUT2D eigenvalue weighted by atomic mass is 32.2. The van der Waals surface area contributed by atoms with Crippen LogP contribution in [0.3, 0.4) is 0 Å². The first-order valence-corrected chi connectivity index (χ1v) is 6.44. The summed E-state index contributed by atoms with van der Waals surface area (Å²) < 4.78 is 0. The van der Waals surface area contributed by atoms with Crippen molar-refractivity contribution in [1.29, 1.82) is 0 Å². The number of amides is 1. The molecule has 0 aliphatic carbocycles. The van der Waals surface area contributed by atoms with Crippen LogP contribution in [0.5, 0.6) is 0 Å². The summed E-state index contributed by atoms with van der Waals surface area (Å²) in [6, 6.07) is 5.84. The summed E-state index contributed by atoms with van der Waals surface area (Å²) in [6.07, 6.45) is 0. The number of carbonyl (C=O) groups is 1. The lowest BCUT2D eigenvalue weighted by Crippen LogP contribution is -2.34. The number of nitrogens with one attached hydrogen (secondary N) is 2. The van der Waals surface area contributed by atoms with E-state index in [1.165, 1.54) is 0 Å². The van der Waals surface area contributed by atoms with Gasteiger partial charge in [-0.1, -0.05) is 0 Å². The summed E-state index contributed by atoms with van der Waals surface area (Å²) in [5.74, 6) is 0.503. The van der Waals surface area contributed by atoms with E-state index in [4.69, 9.17) is 0 Å². The predicted octanol–water partition coefficient (Wildman–Crippen LogP) is 1.91. The Morgan fingerprint density at radius 1 is 1.53 bits per heavy atom. The van der Waals surface area contributed by atoms with Crippen LogP contribution < -0.4 is 10.6 Å². The summed E-state index contributed by atoms with van der Waals surface area (Å²) in [5.41, 5.74) is 1.36. The van der Waals surface area contributed by atoms with Crippen LogP contribution >= 0.6 is 11.8 Å². The summed E-state index contributed by atoms with van der Waals surface area (Å²) in [7, 11) is 0. The minimum atomic E-state index is -0.375. The van der Waals surface area contributed by atoms with Crippen molar-refractivity contribution in [1.82, 2.24) is 0 Å². The third-order valence-electron chi connectivity index (χ3n) is 2.49. The van der Waals surface area contributed by atoms with E-state index in [0.29, 0.717) is 5.75 Å². The topological polar surface area (TPSA) is 61.4 Å². The Hall–Kier alpha value is -1.20. The SMILES string of the molecule is CC(C)(CO)Nc1ccc2c(c1)NC(=O)CS2. The molecule has 17 heavy (non-hydrogen) atoms. The lowest BCUT2D eigenvalue weighted by atomic mass is 10.1. The van der Waals surface area contributed by atoms with Gasteiger partial charge >= 0.3 is 0 Å². The first-order valence-electron chi connectivity index (χ1n) is 5.46. The van der Waals surface area contributed by atoms with Gasteiger partial charge in [-0.15, -0.1) is 11.8 Å². The number of aliphatic hydroxyl groups excluding tert-OH is 1. The van der Waals surface area contributed by atoms with Gasteiger partial charge in [-0.25, -0.2) is 0 Å². The zero-order chi connectivity index (χ0) is 12.5. The van der Waals surface area contributed by atoms with E-state index in [0.717, 1.165) is 16.3 Å². The van der Waals surface area contributed by atoms with E-state index in [1.807, 2.05) is 32.0 Å². The molecule has 1 aliphatic heterocycles. The van der Waals surface area contributed by atoms with Crippen LogP contribution in [-0.2, 0) is 4.79 Å². The number of hydrogen-bond donors (Lipinski definition) is 3. The van der Waals surface area contributed by atoms with Crippen LogP contribution in [0.15, 0.2) is 23.1 Å². The zero-order valence-electron chi connectivity index (χ0n) is 9.91. The van der Waals surface area contributed by atoms with Crippen molar-refractivity contribution in [2.75, 3.05) is 23.0 Å². The molecule has 2 rings (SSSR count). The molecule has 1 heterocycles. The monoisotopic (exact) mass is 252 g/mol. The Bertz CT molecular complexity index is 446. The molecule has 0 unspecified atom stereocenters. The van der Waals surface area contributed by atoms with Crippen molar-refractivity contribution in [2.24, 2.45) is 0 Å². The number of thioether (sulfide) groups is 1. The fraction of sp³-hybridized carbons (Fsp3) is 0.417. The van der Waals surface area contributed by atoms with Crippen LogP contribution in [0.1, 0.15) is 13.8 Å². The Morgan fingerprint density at radius 2 is 2.29 bits per heavy atom. The smallest absolute Gasteiger partial charge is 0.234 e. The first-order chi connectivity index (χ1) is 8.00. The minimum absolute atomic E-state index is 0.0288. The second-order valence-corrected chi connectivity index (χ2v) is 5.73. The summed E-state index contributed by atoms with van der Waals surface area (Å²) in [4.78, 5) is 12.4. The molecule has 0 fully saturated rings. The van der Waals surface area contributed by atoms with Crippen molar-refractivity contribution in [3.05, 3.63) is 18.2 Å². The molecule has 0 radical (unpaired) electrons. The van der Waals surface area contributed by atoms with E-state index in [-0.39, 0.29) is 18.1 Å². The van der Waals surface area contributed by atoms with Crippen molar-refractivity contribution in [3.63, 3.8) is 0 Å². The van der Waals surface area contributed by atoms with Crippen molar-refractivity contribution in [3.8, 4) is 0 Å². The normalized spacial score (nSPS) is 15.1. The fourth-order valence-electron chi connectivity index (χ4n) is 1.59. The molecule has 1 amide bonds. The number of benzene rings is 1. The summed E-state index contributed by atoms with van der Waals surface area (Å²) in [5, 5.41) is 15.3. The van der Waals surface area contributed by atoms with Gasteiger partial charge < -0.3 is 15.7 Å². The molecule has 4 nitrogen and oxygen atoms in total. The highest BCUT2D eigenvalue weighted by Gasteiger charge is 2.19. The average Bonchev–Trinajstić information content (AvgIpc) is 2.28. The Balaban J connectivity index is 2.21. The second kappa shape index (κ2) is 4.58. The molecule has 0 saturated heterocycles. The minimum Gasteiger partial charge on any atom is -0.394 e. The highest BCUT2D eigenvalue weighted by Crippen LogP contribution is 2.33. The molecule has 1 aromatic carbocycles. The van der Waals surface area contributed by atoms with E-state index in [1.54, 1.807) is 11.8 Å². The predicted molar refractivity (Wildman–Crippen MR) is 70.6 cm³/mol. The molecule has 1 aliphatic rings. The second-order valence-electron chi connectivity index (χ2n) is 4.71. The number of rotatable bonds is 3. The van der Waals surface area contributed by atoms with Gasteiger partial charge in [-0.05, 0) is 32.0 Å². The molecule has 0 atom stereocenters. The van der Waals surface area contributed by atoms with E-state index in [2.05, 4.69) is 10.6 Å². The maximum Gasteiger partial charge on any atom is 0.234 e. The van der Waals surface area contributed by atoms with Crippen molar-refractivity contribution in [2.45, 2.75) is 24.3 Å². The zero-order valence-corrected chi connectivity index (χ0v) is 10.7. The van der Waals surface area contributed by atoms with E-state index >= 15 is 0 Å². The molecular weight excluding hydrogens is 236 g/mol. The van der Waals surface area contributed by atoms with Crippen molar-refractivity contribution < 1.29 is 9.90 Å². The Morgan fingerprint density at radius 3 is 3.00 bits per heavy atom. The number of aliphatic hydroxyl groups is 1. The van der Waals surface area contributed by atoms with Gasteiger partial charge in [0, 0.05) is 10.6 Å². The first kappa shape index (κ1) is 12.3. The van der Waals surface area contributed by atoms with Gasteiger partial charge in [-0.3, -0.25) is 4.79 Å². The van der Waals surface area contributed by atoms with Crippen LogP contribution in [-0.4, -0.2) is 28.9 Å².